The zero-order valence-corrected chi connectivity index (χ0v) is 15.2. The average molecular weight is 365 g/mol. The van der Waals surface area contributed by atoms with E-state index in [1.165, 1.54) is 0 Å². The predicted octanol–water partition coefficient (Wildman–Crippen LogP) is 1.99. The number of nitrogens with zero attached hydrogens (tertiary/aromatic N) is 3. The van der Waals surface area contributed by atoms with Crippen molar-refractivity contribution in [3.05, 3.63) is 55.8 Å². The number of carbonyl (C=O) groups is 1. The Morgan fingerprint density at radius 3 is 2.44 bits per heavy atom. The molecule has 134 valence electrons. The van der Waals surface area contributed by atoms with Crippen molar-refractivity contribution in [3.63, 3.8) is 0 Å². The molecule has 0 spiro atoms. The van der Waals surface area contributed by atoms with E-state index in [0.29, 0.717) is 23.6 Å². The van der Waals surface area contributed by atoms with Crippen LogP contribution >= 0.6 is 11.6 Å². The van der Waals surface area contributed by atoms with Crippen molar-refractivity contribution in [2.45, 2.75) is 46.2 Å². The first-order valence-corrected chi connectivity index (χ1v) is 8.57. The maximum atomic E-state index is 12.6. The van der Waals surface area contributed by atoms with E-state index in [-0.39, 0.29) is 18.3 Å². The maximum absolute atomic E-state index is 12.6. The second kappa shape index (κ2) is 8.11. The van der Waals surface area contributed by atoms with Gasteiger partial charge in [0.1, 0.15) is 0 Å². The molecular formula is C17H21ClN4O3. The van der Waals surface area contributed by atoms with Gasteiger partial charge in [0.2, 0.25) is 5.69 Å². The predicted molar refractivity (Wildman–Crippen MR) is 96.6 cm³/mol. The monoisotopic (exact) mass is 364 g/mol. The quantitative estimate of drug-likeness (QED) is 0.849. The topological polar surface area (TPSA) is 86.0 Å². The zero-order chi connectivity index (χ0) is 18.6. The van der Waals surface area contributed by atoms with Crippen LogP contribution in [0.5, 0.6) is 0 Å². The van der Waals surface area contributed by atoms with Crippen LogP contribution in [-0.4, -0.2) is 26.3 Å². The lowest BCUT2D eigenvalue weighted by Gasteiger charge is -2.14. The van der Waals surface area contributed by atoms with Gasteiger partial charge in [-0.15, -0.1) is 0 Å². The Morgan fingerprint density at radius 1 is 1.24 bits per heavy atom. The summed E-state index contributed by atoms with van der Waals surface area (Å²) in [5.41, 5.74) is -1.15. The van der Waals surface area contributed by atoms with Crippen LogP contribution in [0.3, 0.4) is 0 Å². The first kappa shape index (κ1) is 18.9. The molecule has 0 aliphatic heterocycles. The van der Waals surface area contributed by atoms with Gasteiger partial charge in [0.05, 0.1) is 5.69 Å². The molecule has 0 aliphatic carbocycles. The van der Waals surface area contributed by atoms with Crippen molar-refractivity contribution < 1.29 is 4.79 Å². The highest BCUT2D eigenvalue weighted by atomic mass is 35.5. The zero-order valence-electron chi connectivity index (χ0n) is 14.5. The lowest BCUT2D eigenvalue weighted by atomic mass is 10.2. The van der Waals surface area contributed by atoms with Crippen molar-refractivity contribution in [1.29, 1.82) is 0 Å². The van der Waals surface area contributed by atoms with E-state index in [4.69, 9.17) is 11.6 Å². The molecule has 0 fully saturated rings. The second-order valence-electron chi connectivity index (χ2n) is 5.76. The molecule has 0 bridgehead atoms. The summed E-state index contributed by atoms with van der Waals surface area (Å²) in [5, 5.41) is 7.24. The highest BCUT2D eigenvalue weighted by molar-refractivity contribution is 6.30. The van der Waals surface area contributed by atoms with Gasteiger partial charge in [-0.25, -0.2) is 4.79 Å². The number of aromatic nitrogens is 3. The van der Waals surface area contributed by atoms with Crippen LogP contribution in [0.1, 0.15) is 44.1 Å². The third kappa shape index (κ3) is 4.17. The molecule has 1 aromatic heterocycles. The van der Waals surface area contributed by atoms with E-state index in [2.05, 4.69) is 10.4 Å². The van der Waals surface area contributed by atoms with Gasteiger partial charge in [0.25, 0.3) is 11.5 Å². The SMILES string of the molecule is CCCn1c(=O)c(C(=O)NC(C)CC)nn(-c2ccc(Cl)cc2)c1=O. The normalized spacial score (nSPS) is 12.0. The molecule has 1 aromatic carbocycles. The van der Waals surface area contributed by atoms with Gasteiger partial charge < -0.3 is 5.32 Å². The molecule has 1 atom stereocenters. The van der Waals surface area contributed by atoms with Gasteiger partial charge in [0, 0.05) is 17.6 Å². The van der Waals surface area contributed by atoms with Gasteiger partial charge >= 0.3 is 5.69 Å². The molecule has 7 nitrogen and oxygen atoms in total. The molecule has 1 amide bonds. The highest BCUT2D eigenvalue weighted by Gasteiger charge is 2.20. The summed E-state index contributed by atoms with van der Waals surface area (Å²) >= 11 is 5.87. The molecule has 0 saturated heterocycles. The third-order valence-corrected chi connectivity index (χ3v) is 4.04. The Labute approximate surface area is 150 Å². The van der Waals surface area contributed by atoms with Gasteiger partial charge in [-0.1, -0.05) is 25.4 Å². The summed E-state index contributed by atoms with van der Waals surface area (Å²) in [5.74, 6) is -0.591. The lowest BCUT2D eigenvalue weighted by Crippen LogP contribution is -2.46. The number of carbonyl (C=O) groups excluding carboxylic acids is 1. The molecule has 2 rings (SSSR count). The molecule has 8 heteroatoms. The molecule has 0 radical (unpaired) electrons. The summed E-state index contributed by atoms with van der Waals surface area (Å²) in [4.78, 5) is 37.6. The van der Waals surface area contributed by atoms with Crippen LogP contribution in [0.25, 0.3) is 5.69 Å². The minimum absolute atomic E-state index is 0.107. The summed E-state index contributed by atoms with van der Waals surface area (Å²) in [6, 6.07) is 6.32. The molecule has 0 aliphatic rings. The van der Waals surface area contributed by atoms with Gasteiger partial charge in [-0.05, 0) is 44.0 Å². The van der Waals surface area contributed by atoms with Crippen LogP contribution in [0.4, 0.5) is 0 Å². The molecule has 0 saturated carbocycles. The van der Waals surface area contributed by atoms with Crippen LogP contribution in [0.15, 0.2) is 33.9 Å². The van der Waals surface area contributed by atoms with Crippen molar-refractivity contribution in [2.24, 2.45) is 0 Å². The van der Waals surface area contributed by atoms with E-state index < -0.39 is 17.2 Å². The number of benzene rings is 1. The minimum Gasteiger partial charge on any atom is -0.348 e. The van der Waals surface area contributed by atoms with E-state index in [1.807, 2.05) is 20.8 Å². The first-order valence-electron chi connectivity index (χ1n) is 8.20. The smallest absolute Gasteiger partial charge is 0.348 e. The number of rotatable bonds is 6. The Morgan fingerprint density at radius 2 is 1.88 bits per heavy atom. The fourth-order valence-electron chi connectivity index (χ4n) is 2.22. The molecule has 1 N–H and O–H groups in total. The van der Waals surface area contributed by atoms with E-state index in [9.17, 15) is 14.4 Å². The van der Waals surface area contributed by atoms with Crippen molar-refractivity contribution in [1.82, 2.24) is 19.7 Å². The summed E-state index contributed by atoms with van der Waals surface area (Å²) in [6.07, 6.45) is 1.29. The first-order chi connectivity index (χ1) is 11.9. The fraction of sp³-hybridized carbons (Fsp3) is 0.412. The molecule has 1 unspecified atom stereocenters. The summed E-state index contributed by atoms with van der Waals surface area (Å²) < 4.78 is 2.09. The Bertz CT molecular complexity index is 871. The Hall–Kier alpha value is -2.41. The van der Waals surface area contributed by atoms with Crippen LogP contribution in [-0.2, 0) is 6.54 Å². The fourth-order valence-corrected chi connectivity index (χ4v) is 2.35. The van der Waals surface area contributed by atoms with E-state index in [0.717, 1.165) is 9.25 Å². The van der Waals surface area contributed by atoms with Crippen LogP contribution < -0.4 is 16.6 Å². The number of halogens is 1. The molecule has 2 aromatic rings. The summed E-state index contributed by atoms with van der Waals surface area (Å²) in [6.45, 7) is 5.80. The van der Waals surface area contributed by atoms with Gasteiger partial charge in [-0.3, -0.25) is 14.2 Å². The Balaban J connectivity index is 2.64. The Kier molecular flexibility index (Phi) is 6.14. The van der Waals surface area contributed by atoms with Gasteiger partial charge in [0.15, 0.2) is 0 Å². The second-order valence-corrected chi connectivity index (χ2v) is 6.20. The molecule has 25 heavy (non-hydrogen) atoms. The minimum atomic E-state index is -0.683. The van der Waals surface area contributed by atoms with Crippen molar-refractivity contribution in [2.75, 3.05) is 0 Å². The lowest BCUT2D eigenvalue weighted by molar-refractivity contribution is 0.0929. The number of nitrogens with one attached hydrogen (secondary N) is 1. The third-order valence-electron chi connectivity index (χ3n) is 3.78. The maximum Gasteiger partial charge on any atom is 0.352 e. The molecule has 1 heterocycles. The van der Waals surface area contributed by atoms with Crippen LogP contribution in [0.2, 0.25) is 5.02 Å². The number of hydrogen-bond acceptors (Lipinski definition) is 4. The molecular weight excluding hydrogens is 344 g/mol. The average Bonchev–Trinajstić information content (AvgIpc) is 2.59. The highest BCUT2D eigenvalue weighted by Crippen LogP contribution is 2.11. The number of hydrogen-bond donors (Lipinski definition) is 1. The van der Waals surface area contributed by atoms with Crippen molar-refractivity contribution in [3.8, 4) is 5.69 Å². The van der Waals surface area contributed by atoms with Gasteiger partial charge in [-0.2, -0.15) is 9.78 Å². The van der Waals surface area contributed by atoms with Crippen LogP contribution in [0, 0.1) is 0 Å². The largest absolute Gasteiger partial charge is 0.352 e. The van der Waals surface area contributed by atoms with E-state index >= 15 is 0 Å². The number of amides is 1. The van der Waals surface area contributed by atoms with Crippen molar-refractivity contribution >= 4 is 17.5 Å². The summed E-state index contributed by atoms with van der Waals surface area (Å²) in [7, 11) is 0. The van der Waals surface area contributed by atoms with E-state index in [1.54, 1.807) is 24.3 Å². The standard InChI is InChI=1S/C17H21ClN4O3/c1-4-10-21-16(24)14(15(23)19-11(3)5-2)20-22(17(21)25)13-8-6-12(18)7-9-13/h6-9,11H,4-5,10H2,1-3H3,(H,19,23).